The molecule has 112 valence electrons. The van der Waals surface area contributed by atoms with Gasteiger partial charge in [0.15, 0.2) is 5.78 Å². The molecule has 0 aliphatic carbocycles. The quantitative estimate of drug-likeness (QED) is 0.861. The van der Waals surface area contributed by atoms with Crippen molar-refractivity contribution in [2.24, 2.45) is 5.92 Å². The molecular formula is C11H11ClF3NO3S. The van der Waals surface area contributed by atoms with Crippen LogP contribution in [0.3, 0.4) is 0 Å². The van der Waals surface area contributed by atoms with Crippen LogP contribution in [0.2, 0.25) is 5.02 Å². The van der Waals surface area contributed by atoms with Crippen LogP contribution in [-0.4, -0.2) is 19.7 Å². The summed E-state index contributed by atoms with van der Waals surface area (Å²) in [5.41, 5.74) is -5.99. The Morgan fingerprint density at radius 2 is 1.85 bits per heavy atom. The van der Waals surface area contributed by atoms with E-state index in [1.807, 2.05) is 0 Å². The first-order chi connectivity index (χ1) is 8.97. The molecule has 0 atom stereocenters. The van der Waals surface area contributed by atoms with Crippen molar-refractivity contribution in [2.45, 2.75) is 19.4 Å². The van der Waals surface area contributed by atoms with Crippen molar-refractivity contribution in [2.75, 3.05) is 4.72 Å². The fourth-order valence-corrected chi connectivity index (χ4v) is 2.21. The van der Waals surface area contributed by atoms with Crippen LogP contribution in [0.5, 0.6) is 0 Å². The molecule has 0 saturated heterocycles. The molecule has 0 bridgehead atoms. The number of rotatable bonds is 4. The Bertz CT molecular complexity index is 626. The number of Topliss-reactive ketones (excluding diaryl/α,β-unsaturated/α-hetero) is 1. The number of anilines is 1. The normalized spacial score (nSPS) is 12.6. The average molecular weight is 330 g/mol. The lowest BCUT2D eigenvalue weighted by Gasteiger charge is -2.14. The molecule has 0 heterocycles. The second kappa shape index (κ2) is 5.61. The van der Waals surface area contributed by atoms with Gasteiger partial charge in [-0.1, -0.05) is 31.5 Å². The number of nitrogens with one attached hydrogen (secondary N) is 1. The SMILES string of the molecule is CC(C)C(=O)c1cccc(NS(=O)(=O)C(F)(F)F)c1Cl. The monoisotopic (exact) mass is 329 g/mol. The number of carbonyl (C=O) groups is 1. The maximum Gasteiger partial charge on any atom is 0.516 e. The lowest BCUT2D eigenvalue weighted by atomic mass is 10.0. The summed E-state index contributed by atoms with van der Waals surface area (Å²) in [5, 5.41) is -0.362. The summed E-state index contributed by atoms with van der Waals surface area (Å²) in [4.78, 5) is 11.8. The summed E-state index contributed by atoms with van der Waals surface area (Å²) in [6.07, 6.45) is 0. The molecule has 1 aromatic rings. The highest BCUT2D eigenvalue weighted by atomic mass is 35.5. The number of halogens is 4. The van der Waals surface area contributed by atoms with Gasteiger partial charge in [-0.15, -0.1) is 0 Å². The predicted molar refractivity (Wildman–Crippen MR) is 69.2 cm³/mol. The molecule has 4 nitrogen and oxygen atoms in total. The number of alkyl halides is 3. The molecule has 0 aliphatic heterocycles. The second-order valence-electron chi connectivity index (χ2n) is 4.24. The molecule has 0 saturated carbocycles. The molecular weight excluding hydrogens is 319 g/mol. The van der Waals surface area contributed by atoms with Gasteiger partial charge in [0.05, 0.1) is 10.7 Å². The zero-order valence-corrected chi connectivity index (χ0v) is 12.0. The van der Waals surface area contributed by atoms with E-state index < -0.39 is 32.9 Å². The van der Waals surface area contributed by atoms with Crippen molar-refractivity contribution in [1.82, 2.24) is 0 Å². The van der Waals surface area contributed by atoms with Gasteiger partial charge >= 0.3 is 15.5 Å². The highest BCUT2D eigenvalue weighted by molar-refractivity contribution is 7.93. The minimum absolute atomic E-state index is 0.0379. The molecule has 0 radical (unpaired) electrons. The molecule has 0 amide bonds. The summed E-state index contributed by atoms with van der Waals surface area (Å²) < 4.78 is 60.2. The lowest BCUT2D eigenvalue weighted by molar-refractivity contribution is -0.0429. The first-order valence-corrected chi connectivity index (χ1v) is 7.25. The Kier molecular flexibility index (Phi) is 4.70. The zero-order valence-electron chi connectivity index (χ0n) is 10.5. The Labute approximate surface area is 119 Å². The minimum atomic E-state index is -5.58. The first kappa shape index (κ1) is 16.8. The third kappa shape index (κ3) is 3.43. The van der Waals surface area contributed by atoms with Crippen molar-refractivity contribution in [3.05, 3.63) is 28.8 Å². The number of benzene rings is 1. The van der Waals surface area contributed by atoms with E-state index in [1.165, 1.54) is 16.9 Å². The molecule has 0 aliphatic rings. The molecule has 0 spiro atoms. The molecule has 1 aromatic carbocycles. The first-order valence-electron chi connectivity index (χ1n) is 5.39. The minimum Gasteiger partial charge on any atom is -0.294 e. The number of hydrogen-bond donors (Lipinski definition) is 1. The fourth-order valence-electron chi connectivity index (χ4n) is 1.31. The van der Waals surface area contributed by atoms with Crippen molar-refractivity contribution >= 4 is 33.1 Å². The van der Waals surface area contributed by atoms with E-state index in [4.69, 9.17) is 11.6 Å². The highest BCUT2D eigenvalue weighted by Crippen LogP contribution is 2.32. The molecule has 0 aromatic heterocycles. The third-order valence-corrected chi connectivity index (χ3v) is 3.84. The second-order valence-corrected chi connectivity index (χ2v) is 6.29. The number of hydrogen-bond acceptors (Lipinski definition) is 3. The summed E-state index contributed by atoms with van der Waals surface area (Å²) >= 11 is 5.79. The molecule has 20 heavy (non-hydrogen) atoms. The third-order valence-electron chi connectivity index (χ3n) is 2.34. The van der Waals surface area contributed by atoms with E-state index in [-0.39, 0.29) is 10.6 Å². The number of ketones is 1. The van der Waals surface area contributed by atoms with Crippen molar-refractivity contribution in [3.63, 3.8) is 0 Å². The van der Waals surface area contributed by atoms with Gasteiger partial charge < -0.3 is 0 Å². The Morgan fingerprint density at radius 1 is 1.30 bits per heavy atom. The van der Waals surface area contributed by atoms with Crippen LogP contribution in [0, 0.1) is 5.92 Å². The summed E-state index contributed by atoms with van der Waals surface area (Å²) in [5.74, 6) is -0.829. The summed E-state index contributed by atoms with van der Waals surface area (Å²) in [6.45, 7) is 3.18. The van der Waals surface area contributed by atoms with Crippen LogP contribution in [0.1, 0.15) is 24.2 Å². The maximum absolute atomic E-state index is 12.3. The topological polar surface area (TPSA) is 63.2 Å². The van der Waals surface area contributed by atoms with Crippen LogP contribution in [-0.2, 0) is 10.0 Å². The lowest BCUT2D eigenvalue weighted by Crippen LogP contribution is -2.30. The van der Waals surface area contributed by atoms with Gasteiger partial charge in [-0.05, 0) is 12.1 Å². The van der Waals surface area contributed by atoms with Gasteiger partial charge in [0.2, 0.25) is 0 Å². The maximum atomic E-state index is 12.3. The van der Waals surface area contributed by atoms with E-state index in [2.05, 4.69) is 0 Å². The van der Waals surface area contributed by atoms with Gasteiger partial charge in [0.1, 0.15) is 0 Å². The van der Waals surface area contributed by atoms with Crippen LogP contribution >= 0.6 is 11.6 Å². The van der Waals surface area contributed by atoms with Crippen molar-refractivity contribution < 1.29 is 26.4 Å². The fraction of sp³-hybridized carbons (Fsp3) is 0.364. The molecule has 1 N–H and O–H groups in total. The van der Waals surface area contributed by atoms with Gasteiger partial charge in [0.25, 0.3) is 0 Å². The molecule has 9 heteroatoms. The zero-order chi connectivity index (χ0) is 15.7. The van der Waals surface area contributed by atoms with Crippen molar-refractivity contribution in [1.29, 1.82) is 0 Å². The molecule has 1 rings (SSSR count). The smallest absolute Gasteiger partial charge is 0.294 e. The van der Waals surface area contributed by atoms with Gasteiger partial charge in [-0.3, -0.25) is 9.52 Å². The molecule has 0 unspecified atom stereocenters. The van der Waals surface area contributed by atoms with Crippen LogP contribution in [0.4, 0.5) is 18.9 Å². The van der Waals surface area contributed by atoms with E-state index in [0.717, 1.165) is 6.07 Å². The van der Waals surface area contributed by atoms with E-state index in [9.17, 15) is 26.4 Å². The standard InChI is InChI=1S/C11H11ClF3NO3S/c1-6(2)10(17)7-4-3-5-8(9(7)12)16-20(18,19)11(13,14)15/h3-6,16H,1-2H3. The average Bonchev–Trinajstić information content (AvgIpc) is 2.29. The van der Waals surface area contributed by atoms with Gasteiger partial charge in [0, 0.05) is 11.5 Å². The van der Waals surface area contributed by atoms with Crippen LogP contribution in [0.15, 0.2) is 18.2 Å². The van der Waals surface area contributed by atoms with Crippen LogP contribution in [0.25, 0.3) is 0 Å². The Balaban J connectivity index is 3.24. The summed E-state index contributed by atoms with van der Waals surface area (Å²) in [7, 11) is -5.58. The predicted octanol–water partition coefficient (Wildman–Crippen LogP) is 3.44. The van der Waals surface area contributed by atoms with E-state index >= 15 is 0 Å². The number of sulfonamides is 1. The Morgan fingerprint density at radius 3 is 2.30 bits per heavy atom. The summed E-state index contributed by atoms with van der Waals surface area (Å²) in [6, 6.07) is 3.61. The van der Waals surface area contributed by atoms with Crippen molar-refractivity contribution in [3.8, 4) is 0 Å². The molecule has 0 fully saturated rings. The highest BCUT2D eigenvalue weighted by Gasteiger charge is 2.46. The van der Waals surface area contributed by atoms with Gasteiger partial charge in [-0.2, -0.15) is 21.6 Å². The largest absolute Gasteiger partial charge is 0.516 e. The van der Waals surface area contributed by atoms with Gasteiger partial charge in [-0.25, -0.2) is 0 Å². The van der Waals surface area contributed by atoms with Crippen LogP contribution < -0.4 is 4.72 Å². The van der Waals surface area contributed by atoms with E-state index in [0.29, 0.717) is 0 Å². The van der Waals surface area contributed by atoms with E-state index in [1.54, 1.807) is 13.8 Å². The number of carbonyl (C=O) groups excluding carboxylic acids is 1. The Hall–Kier alpha value is -1.28.